The van der Waals surface area contributed by atoms with Crippen molar-refractivity contribution in [3.8, 4) is 5.75 Å². The van der Waals surface area contributed by atoms with Crippen LogP contribution in [-0.4, -0.2) is 56.8 Å². The van der Waals surface area contributed by atoms with Gasteiger partial charge in [-0.15, -0.1) is 0 Å². The molecule has 3 rings (SSSR count). The van der Waals surface area contributed by atoms with Gasteiger partial charge in [-0.1, -0.05) is 12.1 Å². The van der Waals surface area contributed by atoms with Crippen LogP contribution >= 0.6 is 0 Å². The van der Waals surface area contributed by atoms with Gasteiger partial charge in [-0.05, 0) is 26.0 Å². The highest BCUT2D eigenvalue weighted by atomic mass is 16.5. The molecular formula is C21H25N3O7. The molecule has 0 saturated carbocycles. The fourth-order valence-electron chi connectivity index (χ4n) is 3.61. The number of anilines is 1. The molecule has 10 heteroatoms. The first-order chi connectivity index (χ1) is 14.8. The zero-order valence-corrected chi connectivity index (χ0v) is 17.6. The van der Waals surface area contributed by atoms with E-state index in [1.807, 2.05) is 0 Å². The Kier molecular flexibility index (Phi) is 6.78. The van der Waals surface area contributed by atoms with Crippen LogP contribution in [0.4, 0.5) is 10.5 Å². The number of amides is 3. The average molecular weight is 431 g/mol. The molecule has 0 bridgehead atoms. The molecule has 2 aliphatic heterocycles. The van der Waals surface area contributed by atoms with Gasteiger partial charge in [0.1, 0.15) is 12.4 Å². The van der Waals surface area contributed by atoms with Crippen LogP contribution in [0.3, 0.4) is 0 Å². The van der Waals surface area contributed by atoms with Crippen LogP contribution in [-0.2, 0) is 23.9 Å². The first-order valence-electron chi connectivity index (χ1n) is 9.93. The summed E-state index contributed by atoms with van der Waals surface area (Å²) < 4.78 is 15.7. The summed E-state index contributed by atoms with van der Waals surface area (Å²) >= 11 is 0. The van der Waals surface area contributed by atoms with Crippen LogP contribution in [0.1, 0.15) is 20.3 Å². The lowest BCUT2D eigenvalue weighted by Crippen LogP contribution is -2.50. The Morgan fingerprint density at radius 2 is 1.94 bits per heavy atom. The van der Waals surface area contributed by atoms with Gasteiger partial charge in [0, 0.05) is 13.0 Å². The maximum Gasteiger partial charge on any atom is 0.338 e. The van der Waals surface area contributed by atoms with Gasteiger partial charge in [0.2, 0.25) is 5.91 Å². The van der Waals surface area contributed by atoms with E-state index >= 15 is 0 Å². The van der Waals surface area contributed by atoms with Gasteiger partial charge < -0.3 is 29.7 Å². The fraction of sp³-hybridized carbons (Fsp3) is 0.429. The first-order valence-corrected chi connectivity index (χ1v) is 9.93. The Bertz CT molecular complexity index is 927. The number of nitrogens with one attached hydrogen (secondary N) is 2. The second-order valence-corrected chi connectivity index (χ2v) is 7.12. The number of carbonyl (C=O) groups is 4. The fourth-order valence-corrected chi connectivity index (χ4v) is 3.61. The van der Waals surface area contributed by atoms with Crippen molar-refractivity contribution in [1.82, 2.24) is 10.6 Å². The van der Waals surface area contributed by atoms with Gasteiger partial charge in [0.05, 0.1) is 42.6 Å². The van der Waals surface area contributed by atoms with Crippen molar-refractivity contribution >= 4 is 29.6 Å². The number of hydrogen-bond acceptors (Lipinski definition) is 7. The molecule has 2 atom stereocenters. The minimum Gasteiger partial charge on any atom is -0.495 e. The number of ether oxygens (including phenoxy) is 3. The second kappa shape index (κ2) is 9.50. The average Bonchev–Trinajstić information content (AvgIpc) is 3.13. The number of esters is 2. The van der Waals surface area contributed by atoms with E-state index in [0.29, 0.717) is 11.4 Å². The predicted molar refractivity (Wildman–Crippen MR) is 109 cm³/mol. The predicted octanol–water partition coefficient (Wildman–Crippen LogP) is 1.11. The Labute approximate surface area is 179 Å². The number of rotatable bonds is 7. The third-order valence-corrected chi connectivity index (χ3v) is 5.06. The lowest BCUT2D eigenvalue weighted by Gasteiger charge is -2.26. The quantitative estimate of drug-likeness (QED) is 0.620. The first kappa shape index (κ1) is 22.1. The van der Waals surface area contributed by atoms with Crippen LogP contribution in [0.2, 0.25) is 0 Å². The number of carbonyl (C=O) groups excluding carboxylic acids is 4. The largest absolute Gasteiger partial charge is 0.495 e. The van der Waals surface area contributed by atoms with Crippen LogP contribution < -0.4 is 20.3 Å². The molecule has 0 aliphatic carbocycles. The highest BCUT2D eigenvalue weighted by Gasteiger charge is 2.38. The van der Waals surface area contributed by atoms with Crippen LogP contribution in [0.5, 0.6) is 5.75 Å². The molecule has 0 unspecified atom stereocenters. The molecule has 2 N–H and O–H groups in total. The summed E-state index contributed by atoms with van der Waals surface area (Å²) in [7, 11) is 1.51. The van der Waals surface area contributed by atoms with Crippen molar-refractivity contribution in [3.63, 3.8) is 0 Å². The van der Waals surface area contributed by atoms with E-state index in [1.54, 1.807) is 38.1 Å². The van der Waals surface area contributed by atoms with Crippen molar-refractivity contribution in [1.29, 1.82) is 0 Å². The highest BCUT2D eigenvalue weighted by Crippen LogP contribution is 2.33. The lowest BCUT2D eigenvalue weighted by atomic mass is 10.0. The Morgan fingerprint density at radius 1 is 1.19 bits per heavy atom. The van der Waals surface area contributed by atoms with E-state index in [4.69, 9.17) is 14.2 Å². The van der Waals surface area contributed by atoms with E-state index < -0.39 is 29.9 Å². The van der Waals surface area contributed by atoms with E-state index in [9.17, 15) is 19.2 Å². The number of nitrogens with zero attached hydrogens (tertiary/aromatic N) is 1. The standard InChI is InChI=1S/C21H25N3O7/c1-4-30-20(27)18-12(2)22-21(28)23-14(18)11-31-19(26)13-9-17(25)24(10-13)15-7-5-6-8-16(15)29-3/h5-8,12-13H,4,9-11H2,1-3H3,(H2,22,23,28)/t12-,13-/m0/s1. The third-order valence-electron chi connectivity index (χ3n) is 5.06. The van der Waals surface area contributed by atoms with Gasteiger partial charge in [-0.25, -0.2) is 9.59 Å². The molecule has 0 aromatic heterocycles. The van der Waals surface area contributed by atoms with Gasteiger partial charge >= 0.3 is 18.0 Å². The molecule has 0 radical (unpaired) electrons. The van der Waals surface area contributed by atoms with Crippen LogP contribution in [0.25, 0.3) is 0 Å². The molecule has 1 saturated heterocycles. The number of methoxy groups -OCH3 is 1. The van der Waals surface area contributed by atoms with Gasteiger partial charge in [-0.2, -0.15) is 0 Å². The van der Waals surface area contributed by atoms with Crippen molar-refractivity contribution < 1.29 is 33.4 Å². The van der Waals surface area contributed by atoms with Crippen molar-refractivity contribution in [2.45, 2.75) is 26.3 Å². The third kappa shape index (κ3) is 4.79. The van der Waals surface area contributed by atoms with Gasteiger partial charge in [0.25, 0.3) is 0 Å². The maximum atomic E-state index is 12.6. The summed E-state index contributed by atoms with van der Waals surface area (Å²) in [4.78, 5) is 50.7. The number of urea groups is 1. The molecule has 1 aromatic rings. The number of para-hydroxylation sites is 2. The topological polar surface area (TPSA) is 123 Å². The van der Waals surface area contributed by atoms with E-state index in [1.165, 1.54) is 12.0 Å². The Morgan fingerprint density at radius 3 is 2.65 bits per heavy atom. The zero-order chi connectivity index (χ0) is 22.5. The van der Waals surface area contributed by atoms with E-state index in [0.717, 1.165) is 0 Å². The van der Waals surface area contributed by atoms with Gasteiger partial charge in [0.15, 0.2) is 0 Å². The normalized spacial score (nSPS) is 20.8. The van der Waals surface area contributed by atoms with Gasteiger partial charge in [-0.3, -0.25) is 9.59 Å². The minimum absolute atomic E-state index is 0.00895. The summed E-state index contributed by atoms with van der Waals surface area (Å²) in [6.45, 7) is 3.30. The van der Waals surface area contributed by atoms with Crippen LogP contribution in [0.15, 0.2) is 35.5 Å². The summed E-state index contributed by atoms with van der Waals surface area (Å²) in [5.74, 6) is -1.57. The van der Waals surface area contributed by atoms with Crippen molar-refractivity contribution in [2.24, 2.45) is 5.92 Å². The summed E-state index contributed by atoms with van der Waals surface area (Å²) in [5.41, 5.74) is 0.929. The summed E-state index contributed by atoms with van der Waals surface area (Å²) in [6, 6.07) is 5.94. The molecule has 1 aromatic carbocycles. The molecule has 166 valence electrons. The molecular weight excluding hydrogens is 406 g/mol. The maximum absolute atomic E-state index is 12.6. The van der Waals surface area contributed by atoms with Crippen molar-refractivity contribution in [3.05, 3.63) is 35.5 Å². The van der Waals surface area contributed by atoms with Crippen molar-refractivity contribution in [2.75, 3.05) is 31.8 Å². The number of hydrogen-bond donors (Lipinski definition) is 2. The summed E-state index contributed by atoms with van der Waals surface area (Å²) in [5, 5.41) is 5.07. The van der Waals surface area contributed by atoms with Crippen LogP contribution in [0, 0.1) is 5.92 Å². The molecule has 1 fully saturated rings. The second-order valence-electron chi connectivity index (χ2n) is 7.12. The summed E-state index contributed by atoms with van der Waals surface area (Å²) in [6.07, 6.45) is -0.00895. The lowest BCUT2D eigenvalue weighted by molar-refractivity contribution is -0.147. The molecule has 10 nitrogen and oxygen atoms in total. The number of benzene rings is 1. The molecule has 31 heavy (non-hydrogen) atoms. The SMILES string of the molecule is CCOC(=O)C1=C(COC(=O)[C@H]2CC(=O)N(c3ccccc3OC)C2)NC(=O)N[C@H]1C. The highest BCUT2D eigenvalue weighted by molar-refractivity contribution is 6.00. The molecule has 2 aliphatic rings. The monoisotopic (exact) mass is 431 g/mol. The minimum atomic E-state index is -0.682. The van der Waals surface area contributed by atoms with E-state index in [-0.39, 0.29) is 43.4 Å². The molecule has 0 spiro atoms. The zero-order valence-electron chi connectivity index (χ0n) is 17.6. The molecule has 2 heterocycles. The van der Waals surface area contributed by atoms with E-state index in [2.05, 4.69) is 10.6 Å². The Hall–Kier alpha value is -3.56. The smallest absolute Gasteiger partial charge is 0.338 e. The molecule has 3 amide bonds. The Balaban J connectivity index is 1.70.